The normalized spacial score (nSPS) is 13.4. The van der Waals surface area contributed by atoms with Gasteiger partial charge >= 0.3 is 6.18 Å². The van der Waals surface area contributed by atoms with Gasteiger partial charge in [-0.05, 0) is 18.2 Å². The Balaban J connectivity index is 3.18. The molecule has 1 unspecified atom stereocenters. The third kappa shape index (κ3) is 3.62. The zero-order valence-corrected chi connectivity index (χ0v) is 10.4. The molecule has 0 saturated heterocycles. The van der Waals surface area contributed by atoms with Crippen LogP contribution < -0.4 is 0 Å². The van der Waals surface area contributed by atoms with Crippen molar-refractivity contribution in [1.82, 2.24) is 0 Å². The van der Waals surface area contributed by atoms with Crippen molar-refractivity contribution in [2.45, 2.75) is 12.3 Å². The first-order chi connectivity index (χ1) is 8.25. The molecule has 0 heterocycles. The number of nitrogens with zero attached hydrogens (tertiary/aromatic N) is 1. The molecular weight excluding hydrogens is 270 g/mol. The summed E-state index contributed by atoms with van der Waals surface area (Å²) in [5.74, 6) is -0.889. The fourth-order valence-electron chi connectivity index (χ4n) is 1.26. The van der Waals surface area contributed by atoms with E-state index in [-0.39, 0.29) is 0 Å². The van der Waals surface area contributed by atoms with Crippen LogP contribution in [-0.4, -0.2) is 12.5 Å². The molecule has 1 aromatic rings. The Morgan fingerprint density at radius 2 is 1.94 bits per heavy atom. The molecule has 0 aliphatic heterocycles. The van der Waals surface area contributed by atoms with Crippen LogP contribution in [0.2, 0.25) is 0 Å². The van der Waals surface area contributed by atoms with E-state index < -0.39 is 40.4 Å². The number of benzene rings is 1. The van der Waals surface area contributed by atoms with Crippen molar-refractivity contribution in [2.24, 2.45) is 0 Å². The average molecular weight is 280 g/mol. The Morgan fingerprint density at radius 3 is 2.39 bits per heavy atom. The van der Waals surface area contributed by atoms with Crippen LogP contribution in [0.3, 0.4) is 0 Å². The molecule has 1 atom stereocenters. The van der Waals surface area contributed by atoms with Gasteiger partial charge in [0.2, 0.25) is 6.10 Å². The summed E-state index contributed by atoms with van der Waals surface area (Å²) < 4.78 is 56.0. The van der Waals surface area contributed by atoms with Gasteiger partial charge in [0, 0.05) is 5.56 Å². The lowest BCUT2D eigenvalue weighted by Crippen LogP contribution is -2.12. The van der Waals surface area contributed by atoms with Gasteiger partial charge in [0.1, 0.15) is 35.6 Å². The maximum absolute atomic E-state index is 13.4. The number of halogens is 4. The van der Waals surface area contributed by atoms with Gasteiger partial charge in [0.25, 0.3) is 0 Å². The minimum atomic E-state index is -4.58. The van der Waals surface area contributed by atoms with E-state index in [0.29, 0.717) is 18.2 Å². The van der Waals surface area contributed by atoms with Crippen LogP contribution >= 0.6 is 0 Å². The maximum atomic E-state index is 13.4. The van der Waals surface area contributed by atoms with Gasteiger partial charge in [-0.1, -0.05) is 0 Å². The van der Waals surface area contributed by atoms with Crippen LogP contribution in [0, 0.1) is 17.1 Å². The Bertz CT molecular complexity index is 467. The molecule has 0 radical (unpaired) electrons. The lowest BCUT2D eigenvalue weighted by Gasteiger charge is -2.11. The molecule has 0 aliphatic rings. The second-order valence-electron chi connectivity index (χ2n) is 3.58. The van der Waals surface area contributed by atoms with Crippen LogP contribution in [-0.2, 0) is 21.5 Å². The van der Waals surface area contributed by atoms with Gasteiger partial charge in [-0.25, -0.2) is 4.39 Å². The van der Waals surface area contributed by atoms with E-state index in [1.54, 1.807) is 18.6 Å². The summed E-state index contributed by atoms with van der Waals surface area (Å²) >= 11 is -0.652. The van der Waals surface area contributed by atoms with Crippen molar-refractivity contribution in [3.05, 3.63) is 35.1 Å². The summed E-state index contributed by atoms with van der Waals surface area (Å²) in [7, 11) is 0. The lowest BCUT2D eigenvalue weighted by atomic mass is 10.1. The van der Waals surface area contributed by atoms with Crippen molar-refractivity contribution in [3.8, 4) is 6.07 Å². The van der Waals surface area contributed by atoms with Gasteiger partial charge in [0.05, 0.1) is 5.56 Å². The molecule has 18 heavy (non-hydrogen) atoms. The van der Waals surface area contributed by atoms with E-state index in [4.69, 9.17) is 9.44 Å². The number of rotatable bonds is 3. The fourth-order valence-corrected chi connectivity index (χ4v) is 1.79. The molecule has 0 N–H and O–H groups in total. The first-order valence-electron chi connectivity index (χ1n) is 4.76. The molecule has 2 nitrogen and oxygen atoms in total. The zero-order chi connectivity index (χ0) is 13.9. The molecule has 98 valence electrons. The Morgan fingerprint density at radius 1 is 1.33 bits per heavy atom. The summed E-state index contributed by atoms with van der Waals surface area (Å²) in [6.07, 6.45) is -2.65. The lowest BCUT2D eigenvalue weighted by molar-refractivity contribution is -0.137. The second-order valence-corrected chi connectivity index (χ2v) is 5.26. The molecule has 0 aromatic heterocycles. The summed E-state index contributed by atoms with van der Waals surface area (Å²) in [6, 6.07) is 3.57. The van der Waals surface area contributed by atoms with Gasteiger partial charge < -0.3 is 0 Å². The van der Waals surface area contributed by atoms with Crippen LogP contribution in [0.25, 0.3) is 0 Å². The highest BCUT2D eigenvalue weighted by Gasteiger charge is 2.33. The highest BCUT2D eigenvalue weighted by atomic mass is 32.2. The van der Waals surface area contributed by atoms with E-state index in [0.717, 1.165) is 0 Å². The van der Waals surface area contributed by atoms with Crippen molar-refractivity contribution < 1.29 is 21.7 Å². The smallest absolute Gasteiger partial charge is 0.207 e. The standard InChI is InChI=1S/C11H10F4NOS/c1-18(2)17-10(6-16)8-5-7(11(13,14)15)3-4-9(8)12/h3-5,10H,1-2H3/q+1. The number of hydrogen-bond acceptors (Lipinski definition) is 2. The second kappa shape index (κ2) is 5.59. The quantitative estimate of drug-likeness (QED) is 0.629. The third-order valence-corrected chi connectivity index (χ3v) is 2.59. The predicted molar refractivity (Wildman–Crippen MR) is 60.1 cm³/mol. The summed E-state index contributed by atoms with van der Waals surface area (Å²) in [5, 5.41) is 8.83. The molecule has 1 rings (SSSR count). The summed E-state index contributed by atoms with van der Waals surface area (Å²) in [4.78, 5) is 0. The van der Waals surface area contributed by atoms with E-state index in [1.807, 2.05) is 0 Å². The van der Waals surface area contributed by atoms with Crippen molar-refractivity contribution in [1.29, 1.82) is 5.26 Å². The average Bonchev–Trinajstić information content (AvgIpc) is 2.25. The predicted octanol–water partition coefficient (Wildman–Crippen LogP) is 3.22. The van der Waals surface area contributed by atoms with E-state index in [2.05, 4.69) is 0 Å². The van der Waals surface area contributed by atoms with E-state index >= 15 is 0 Å². The highest BCUT2D eigenvalue weighted by Crippen LogP contribution is 2.32. The molecular formula is C11H10F4NOS+. The van der Waals surface area contributed by atoms with E-state index in [1.165, 1.54) is 0 Å². The van der Waals surface area contributed by atoms with Crippen molar-refractivity contribution >= 4 is 11.2 Å². The van der Waals surface area contributed by atoms with Crippen molar-refractivity contribution in [3.63, 3.8) is 0 Å². The largest absolute Gasteiger partial charge is 0.416 e. The molecule has 0 spiro atoms. The van der Waals surface area contributed by atoms with Crippen LogP contribution in [0.5, 0.6) is 0 Å². The number of alkyl halides is 3. The monoisotopic (exact) mass is 280 g/mol. The molecule has 0 aliphatic carbocycles. The van der Waals surface area contributed by atoms with Crippen LogP contribution in [0.15, 0.2) is 18.2 Å². The van der Waals surface area contributed by atoms with E-state index in [9.17, 15) is 17.6 Å². The maximum Gasteiger partial charge on any atom is 0.416 e. The van der Waals surface area contributed by atoms with Crippen molar-refractivity contribution in [2.75, 3.05) is 12.5 Å². The van der Waals surface area contributed by atoms with Gasteiger partial charge in [-0.15, -0.1) is 0 Å². The summed E-state index contributed by atoms with van der Waals surface area (Å²) in [6.45, 7) is 0. The minimum absolute atomic E-state index is 0.395. The Labute approximate surface area is 105 Å². The number of hydrogen-bond donors (Lipinski definition) is 0. The molecule has 0 bridgehead atoms. The first-order valence-corrected chi connectivity index (χ1v) is 6.73. The Hall–Kier alpha value is -1.26. The van der Waals surface area contributed by atoms with Gasteiger partial charge in [-0.3, -0.25) is 0 Å². The van der Waals surface area contributed by atoms with Crippen LogP contribution in [0.4, 0.5) is 17.6 Å². The van der Waals surface area contributed by atoms with Gasteiger partial charge in [-0.2, -0.15) is 22.6 Å². The highest BCUT2D eigenvalue weighted by molar-refractivity contribution is 7.90. The summed E-state index contributed by atoms with van der Waals surface area (Å²) in [5.41, 5.74) is -1.40. The number of nitriles is 1. The zero-order valence-electron chi connectivity index (χ0n) is 9.58. The topological polar surface area (TPSA) is 33.0 Å². The molecule has 0 amide bonds. The minimum Gasteiger partial charge on any atom is -0.207 e. The fraction of sp³-hybridized carbons (Fsp3) is 0.364. The Kier molecular flexibility index (Phi) is 4.59. The molecule has 0 fully saturated rings. The molecule has 7 heteroatoms. The third-order valence-electron chi connectivity index (χ3n) is 2.01. The van der Waals surface area contributed by atoms with Gasteiger partial charge in [0.15, 0.2) is 0 Å². The SMILES string of the molecule is C[S+](C)OC(C#N)c1cc(C(F)(F)F)ccc1F. The molecule has 0 saturated carbocycles. The first kappa shape index (κ1) is 14.8. The molecule has 1 aromatic carbocycles. The van der Waals surface area contributed by atoms with Crippen LogP contribution in [0.1, 0.15) is 17.2 Å².